The van der Waals surface area contributed by atoms with Gasteiger partial charge in [0, 0.05) is 36.2 Å². The second-order valence-electron chi connectivity index (χ2n) is 7.82. The number of imidazole rings is 1. The molecule has 1 fully saturated rings. The number of nitrogens with one attached hydrogen (secondary N) is 1. The standard InChI is InChI=1S/C23H24N6O/c1-16-5-4-13-28(16)22-7-3-6-21(27(22)2)25-20-15-19(17-8-10-18(30)11-9-17)26-29-14-12-24-23(20)29/h3,6-12,14-16H,4-5,13H2,1-2H3,(H,26,30)/p+1. The smallest absolute Gasteiger partial charge is 0.226 e. The lowest BCUT2D eigenvalue weighted by Gasteiger charge is -2.21. The van der Waals surface area contributed by atoms with Gasteiger partial charge in [0.2, 0.25) is 11.6 Å². The van der Waals surface area contributed by atoms with Crippen molar-refractivity contribution >= 4 is 23.0 Å². The highest BCUT2D eigenvalue weighted by Gasteiger charge is 2.28. The van der Waals surface area contributed by atoms with Crippen LogP contribution in [0.15, 0.2) is 60.9 Å². The molecule has 0 bridgehead atoms. The van der Waals surface area contributed by atoms with Crippen LogP contribution in [0.4, 0.5) is 17.3 Å². The molecule has 1 aliphatic heterocycles. The molecule has 0 amide bonds. The molecule has 5 rings (SSSR count). The fourth-order valence-electron chi connectivity index (χ4n) is 4.18. The number of pyridine rings is 1. The van der Waals surface area contributed by atoms with E-state index < -0.39 is 0 Å². The van der Waals surface area contributed by atoms with Crippen LogP contribution < -0.4 is 14.8 Å². The number of aromatic nitrogens is 4. The topological polar surface area (TPSA) is 69.6 Å². The summed E-state index contributed by atoms with van der Waals surface area (Å²) in [6.45, 7) is 3.37. The third kappa shape index (κ3) is 3.22. The average molecular weight is 401 g/mol. The molecule has 152 valence electrons. The number of nitrogens with zero attached hydrogens (tertiary/aromatic N) is 5. The Labute approximate surface area is 175 Å². The number of rotatable bonds is 4. The summed E-state index contributed by atoms with van der Waals surface area (Å²) in [6, 6.07) is 15.9. The molecular formula is C23H25N6O+. The number of anilines is 3. The second kappa shape index (κ2) is 7.33. The highest BCUT2D eigenvalue weighted by Crippen LogP contribution is 2.28. The molecule has 0 aliphatic carbocycles. The van der Waals surface area contributed by atoms with E-state index in [1.165, 1.54) is 18.7 Å². The number of hydrogen-bond donors (Lipinski definition) is 2. The van der Waals surface area contributed by atoms with Crippen LogP contribution in [0.5, 0.6) is 5.75 Å². The van der Waals surface area contributed by atoms with Crippen molar-refractivity contribution in [2.45, 2.75) is 25.8 Å². The van der Waals surface area contributed by atoms with Crippen molar-refractivity contribution < 1.29 is 9.67 Å². The Morgan fingerprint density at radius 2 is 2.00 bits per heavy atom. The molecule has 1 atom stereocenters. The predicted octanol–water partition coefficient (Wildman–Crippen LogP) is 3.66. The fraction of sp³-hybridized carbons (Fsp3) is 0.261. The maximum Gasteiger partial charge on any atom is 0.226 e. The molecule has 1 saturated heterocycles. The Balaban J connectivity index is 1.56. The Morgan fingerprint density at radius 1 is 1.17 bits per heavy atom. The van der Waals surface area contributed by atoms with E-state index in [1.807, 2.05) is 24.4 Å². The van der Waals surface area contributed by atoms with Crippen LogP contribution in [-0.4, -0.2) is 32.3 Å². The third-order valence-corrected chi connectivity index (χ3v) is 5.84. The lowest BCUT2D eigenvalue weighted by molar-refractivity contribution is -0.644. The van der Waals surface area contributed by atoms with Gasteiger partial charge in [0.15, 0.2) is 5.65 Å². The van der Waals surface area contributed by atoms with Gasteiger partial charge in [-0.15, -0.1) is 0 Å². The van der Waals surface area contributed by atoms with Gasteiger partial charge in [-0.05, 0) is 50.1 Å². The summed E-state index contributed by atoms with van der Waals surface area (Å²) < 4.78 is 3.97. The van der Waals surface area contributed by atoms with Crippen molar-refractivity contribution in [2.24, 2.45) is 7.05 Å². The summed E-state index contributed by atoms with van der Waals surface area (Å²) in [5.41, 5.74) is 3.36. The molecule has 3 aromatic heterocycles. The van der Waals surface area contributed by atoms with Crippen LogP contribution >= 0.6 is 0 Å². The zero-order valence-corrected chi connectivity index (χ0v) is 17.2. The minimum absolute atomic E-state index is 0.237. The largest absolute Gasteiger partial charge is 0.508 e. The molecule has 7 nitrogen and oxygen atoms in total. The van der Waals surface area contributed by atoms with Gasteiger partial charge in [-0.1, -0.05) is 0 Å². The minimum Gasteiger partial charge on any atom is -0.508 e. The number of phenols is 1. The zero-order chi connectivity index (χ0) is 20.7. The first kappa shape index (κ1) is 18.4. The van der Waals surface area contributed by atoms with Crippen LogP contribution in [0, 0.1) is 0 Å². The van der Waals surface area contributed by atoms with Crippen molar-refractivity contribution in [1.82, 2.24) is 14.6 Å². The van der Waals surface area contributed by atoms with Crippen LogP contribution in [0.25, 0.3) is 16.9 Å². The van der Waals surface area contributed by atoms with E-state index >= 15 is 0 Å². The van der Waals surface area contributed by atoms with Gasteiger partial charge in [-0.2, -0.15) is 5.10 Å². The molecule has 30 heavy (non-hydrogen) atoms. The molecular weight excluding hydrogens is 376 g/mol. The first-order valence-corrected chi connectivity index (χ1v) is 10.3. The lowest BCUT2D eigenvalue weighted by Crippen LogP contribution is -2.42. The molecule has 1 aliphatic rings. The Kier molecular flexibility index (Phi) is 4.50. The SMILES string of the molecule is CC1CCCN1c1cccc(Nc2cc(-c3ccc(O)cc3)nn3ccnc23)[n+]1C. The molecule has 1 aromatic carbocycles. The summed E-state index contributed by atoms with van der Waals surface area (Å²) >= 11 is 0. The van der Waals surface area contributed by atoms with Crippen molar-refractivity contribution in [3.63, 3.8) is 0 Å². The predicted molar refractivity (Wildman–Crippen MR) is 117 cm³/mol. The van der Waals surface area contributed by atoms with Gasteiger partial charge in [0.05, 0.1) is 25.3 Å². The highest BCUT2D eigenvalue weighted by molar-refractivity contribution is 5.76. The van der Waals surface area contributed by atoms with E-state index in [-0.39, 0.29) is 5.75 Å². The number of hydrogen-bond acceptors (Lipinski definition) is 5. The van der Waals surface area contributed by atoms with Gasteiger partial charge in [-0.3, -0.25) is 10.2 Å². The Hall–Kier alpha value is -3.61. The van der Waals surface area contributed by atoms with E-state index in [0.29, 0.717) is 6.04 Å². The maximum absolute atomic E-state index is 9.60. The summed E-state index contributed by atoms with van der Waals surface area (Å²) in [7, 11) is 2.09. The molecule has 7 heteroatoms. The van der Waals surface area contributed by atoms with Gasteiger partial charge in [0.25, 0.3) is 0 Å². The third-order valence-electron chi connectivity index (χ3n) is 5.84. The first-order chi connectivity index (χ1) is 14.6. The van der Waals surface area contributed by atoms with Gasteiger partial charge in [-0.25, -0.2) is 14.1 Å². The molecule has 2 N–H and O–H groups in total. The summed E-state index contributed by atoms with van der Waals surface area (Å²) in [4.78, 5) is 6.95. The minimum atomic E-state index is 0.237. The summed E-state index contributed by atoms with van der Waals surface area (Å²) in [5.74, 6) is 2.43. The van der Waals surface area contributed by atoms with Crippen LogP contribution in [0.1, 0.15) is 19.8 Å². The normalized spacial score (nSPS) is 16.3. The van der Waals surface area contributed by atoms with Gasteiger partial charge in [0.1, 0.15) is 11.4 Å². The summed E-state index contributed by atoms with van der Waals surface area (Å²) in [6.07, 6.45) is 6.05. The quantitative estimate of drug-likeness (QED) is 0.511. The molecule has 0 saturated carbocycles. The lowest BCUT2D eigenvalue weighted by atomic mass is 10.1. The molecule has 1 unspecified atom stereocenters. The number of benzene rings is 1. The number of fused-ring (bicyclic) bond motifs is 1. The molecule has 4 aromatic rings. The molecule has 4 heterocycles. The first-order valence-electron chi connectivity index (χ1n) is 10.3. The van der Waals surface area contributed by atoms with Crippen LogP contribution in [0.2, 0.25) is 0 Å². The average Bonchev–Trinajstić information content (AvgIpc) is 3.39. The van der Waals surface area contributed by atoms with E-state index in [1.54, 1.807) is 22.8 Å². The second-order valence-corrected chi connectivity index (χ2v) is 7.82. The zero-order valence-electron chi connectivity index (χ0n) is 17.2. The monoisotopic (exact) mass is 401 g/mol. The van der Waals surface area contributed by atoms with E-state index in [0.717, 1.165) is 35.0 Å². The number of aromatic hydroxyl groups is 1. The van der Waals surface area contributed by atoms with Crippen LogP contribution in [0.3, 0.4) is 0 Å². The highest BCUT2D eigenvalue weighted by atomic mass is 16.3. The van der Waals surface area contributed by atoms with Crippen LogP contribution in [-0.2, 0) is 7.05 Å². The molecule has 0 spiro atoms. The van der Waals surface area contributed by atoms with Crippen molar-refractivity contribution in [2.75, 3.05) is 16.8 Å². The van der Waals surface area contributed by atoms with Gasteiger partial charge < -0.3 is 5.11 Å². The van der Waals surface area contributed by atoms with E-state index in [2.05, 4.69) is 57.0 Å². The maximum atomic E-state index is 9.60. The Morgan fingerprint density at radius 3 is 2.77 bits per heavy atom. The van der Waals surface area contributed by atoms with Crippen molar-refractivity contribution in [3.05, 3.63) is 60.9 Å². The van der Waals surface area contributed by atoms with E-state index in [9.17, 15) is 5.11 Å². The van der Waals surface area contributed by atoms with E-state index in [4.69, 9.17) is 0 Å². The summed E-state index contributed by atoms with van der Waals surface area (Å²) in [5, 5.41) is 17.8. The number of phenolic OH excluding ortho intramolecular Hbond substituents is 1. The van der Waals surface area contributed by atoms with Crippen molar-refractivity contribution in [1.29, 1.82) is 0 Å². The fourth-order valence-corrected chi connectivity index (χ4v) is 4.18. The molecule has 0 radical (unpaired) electrons. The van der Waals surface area contributed by atoms with Gasteiger partial charge >= 0.3 is 0 Å². The Bertz CT molecular complexity index is 1200. The van der Waals surface area contributed by atoms with Crippen molar-refractivity contribution in [3.8, 4) is 17.0 Å².